The molecule has 3 rings (SSSR count). The number of H-pyrrole nitrogens is 1. The van der Waals surface area contributed by atoms with Crippen molar-refractivity contribution in [2.45, 2.75) is 19.3 Å². The highest BCUT2D eigenvalue weighted by Crippen LogP contribution is 2.26. The molecule has 0 radical (unpaired) electrons. The standard InChI is InChI=1S/C14H16N2O2S/c17-14(18)10-1-2-11-12(8-10)16-13(15-11)7-9-3-5-19-6-4-9/h1-2,8-9H,3-7H2,(H,15,16)(H,17,18). The number of aromatic nitrogens is 2. The Balaban J connectivity index is 1.82. The van der Waals surface area contributed by atoms with Crippen molar-refractivity contribution >= 4 is 28.8 Å². The normalized spacial score (nSPS) is 16.8. The van der Waals surface area contributed by atoms with E-state index in [2.05, 4.69) is 9.97 Å². The number of thioether (sulfide) groups is 1. The van der Waals surface area contributed by atoms with Crippen LogP contribution in [0.1, 0.15) is 29.0 Å². The molecule has 0 bridgehead atoms. The van der Waals surface area contributed by atoms with Gasteiger partial charge in [-0.05, 0) is 48.5 Å². The molecular formula is C14H16N2O2S. The summed E-state index contributed by atoms with van der Waals surface area (Å²) in [7, 11) is 0. The maximum absolute atomic E-state index is 10.9. The van der Waals surface area contributed by atoms with Gasteiger partial charge in [-0.25, -0.2) is 9.78 Å². The third-order valence-electron chi connectivity index (χ3n) is 3.60. The third-order valence-corrected chi connectivity index (χ3v) is 4.65. The average Bonchev–Trinajstić information content (AvgIpc) is 2.80. The topological polar surface area (TPSA) is 66.0 Å². The lowest BCUT2D eigenvalue weighted by molar-refractivity contribution is 0.0697. The Labute approximate surface area is 115 Å². The van der Waals surface area contributed by atoms with Crippen LogP contribution in [0.2, 0.25) is 0 Å². The van der Waals surface area contributed by atoms with Crippen molar-refractivity contribution < 1.29 is 9.90 Å². The molecule has 2 heterocycles. The summed E-state index contributed by atoms with van der Waals surface area (Å²) in [4.78, 5) is 18.7. The van der Waals surface area contributed by atoms with Crippen molar-refractivity contribution in [1.82, 2.24) is 9.97 Å². The smallest absolute Gasteiger partial charge is 0.335 e. The lowest BCUT2D eigenvalue weighted by Gasteiger charge is -2.19. The van der Waals surface area contributed by atoms with Gasteiger partial charge >= 0.3 is 5.97 Å². The monoisotopic (exact) mass is 276 g/mol. The Hall–Kier alpha value is -1.49. The number of imidazole rings is 1. The molecule has 100 valence electrons. The van der Waals surface area contributed by atoms with Gasteiger partial charge in [0.1, 0.15) is 5.82 Å². The van der Waals surface area contributed by atoms with E-state index in [9.17, 15) is 4.79 Å². The second-order valence-corrected chi connectivity index (χ2v) is 6.21. The van der Waals surface area contributed by atoms with Crippen LogP contribution in [0.15, 0.2) is 18.2 Å². The van der Waals surface area contributed by atoms with Crippen LogP contribution in [0.5, 0.6) is 0 Å². The molecule has 1 fully saturated rings. The maximum atomic E-state index is 10.9. The number of carbonyl (C=O) groups is 1. The van der Waals surface area contributed by atoms with Crippen LogP contribution in [-0.4, -0.2) is 32.5 Å². The van der Waals surface area contributed by atoms with E-state index >= 15 is 0 Å². The molecule has 0 saturated carbocycles. The van der Waals surface area contributed by atoms with Crippen LogP contribution in [0.4, 0.5) is 0 Å². The first-order valence-corrected chi connectivity index (χ1v) is 7.67. The van der Waals surface area contributed by atoms with Crippen LogP contribution in [0, 0.1) is 5.92 Å². The molecule has 1 aromatic carbocycles. The van der Waals surface area contributed by atoms with E-state index < -0.39 is 5.97 Å². The van der Waals surface area contributed by atoms with Gasteiger partial charge in [0.2, 0.25) is 0 Å². The Morgan fingerprint density at radius 3 is 2.95 bits per heavy atom. The van der Waals surface area contributed by atoms with Crippen LogP contribution in [-0.2, 0) is 6.42 Å². The minimum absolute atomic E-state index is 0.303. The summed E-state index contributed by atoms with van der Waals surface area (Å²) in [6.45, 7) is 0. The highest BCUT2D eigenvalue weighted by atomic mass is 32.2. The van der Waals surface area contributed by atoms with E-state index in [-0.39, 0.29) is 0 Å². The summed E-state index contributed by atoms with van der Waals surface area (Å²) >= 11 is 2.02. The predicted molar refractivity (Wildman–Crippen MR) is 76.8 cm³/mol. The number of benzene rings is 1. The molecular weight excluding hydrogens is 260 g/mol. The number of carboxylic acid groups (broad SMARTS) is 1. The summed E-state index contributed by atoms with van der Waals surface area (Å²) in [5.74, 6) is 3.28. The van der Waals surface area contributed by atoms with Crippen molar-refractivity contribution in [1.29, 1.82) is 0 Å². The number of hydrogen-bond donors (Lipinski definition) is 2. The molecule has 0 atom stereocenters. The molecule has 1 aliphatic rings. The zero-order chi connectivity index (χ0) is 13.2. The fourth-order valence-corrected chi connectivity index (χ4v) is 3.72. The number of nitrogens with zero attached hydrogens (tertiary/aromatic N) is 1. The van der Waals surface area contributed by atoms with Gasteiger partial charge in [0.25, 0.3) is 0 Å². The number of aromatic carboxylic acids is 1. The molecule has 0 aliphatic carbocycles. The van der Waals surface area contributed by atoms with Gasteiger partial charge < -0.3 is 10.1 Å². The molecule has 5 heteroatoms. The first-order chi connectivity index (χ1) is 9.22. The molecule has 0 spiro atoms. The molecule has 2 aromatic rings. The molecule has 0 amide bonds. The summed E-state index contributed by atoms with van der Waals surface area (Å²) < 4.78 is 0. The minimum Gasteiger partial charge on any atom is -0.478 e. The first-order valence-electron chi connectivity index (χ1n) is 6.52. The van der Waals surface area contributed by atoms with E-state index in [1.54, 1.807) is 18.2 Å². The molecule has 19 heavy (non-hydrogen) atoms. The molecule has 1 aliphatic heterocycles. The number of carboxylic acids is 1. The Bertz CT molecular complexity index is 603. The zero-order valence-corrected chi connectivity index (χ0v) is 11.4. The Kier molecular flexibility index (Phi) is 3.46. The predicted octanol–water partition coefficient (Wildman–Crippen LogP) is 2.95. The van der Waals surface area contributed by atoms with Gasteiger partial charge in [-0.15, -0.1) is 0 Å². The van der Waals surface area contributed by atoms with Crippen LogP contribution < -0.4 is 0 Å². The largest absolute Gasteiger partial charge is 0.478 e. The van der Waals surface area contributed by atoms with Crippen molar-refractivity contribution in [3.05, 3.63) is 29.6 Å². The van der Waals surface area contributed by atoms with Gasteiger partial charge in [0.05, 0.1) is 16.6 Å². The SMILES string of the molecule is O=C(O)c1ccc2nc(CC3CCSCC3)[nH]c2c1. The summed E-state index contributed by atoms with van der Waals surface area (Å²) in [5.41, 5.74) is 1.97. The second-order valence-electron chi connectivity index (χ2n) is 4.98. The molecule has 0 unspecified atom stereocenters. The third kappa shape index (κ3) is 2.76. The first kappa shape index (κ1) is 12.5. The average molecular weight is 276 g/mol. The van der Waals surface area contributed by atoms with E-state index in [4.69, 9.17) is 5.11 Å². The number of nitrogens with one attached hydrogen (secondary N) is 1. The fourth-order valence-electron chi connectivity index (χ4n) is 2.52. The Morgan fingerprint density at radius 1 is 1.42 bits per heavy atom. The second kappa shape index (κ2) is 5.25. The number of rotatable bonds is 3. The number of aromatic amines is 1. The highest BCUT2D eigenvalue weighted by Gasteiger charge is 2.16. The van der Waals surface area contributed by atoms with Crippen molar-refractivity contribution in [2.24, 2.45) is 5.92 Å². The van der Waals surface area contributed by atoms with Gasteiger partial charge in [-0.2, -0.15) is 11.8 Å². The maximum Gasteiger partial charge on any atom is 0.335 e. The van der Waals surface area contributed by atoms with Crippen molar-refractivity contribution in [3.8, 4) is 0 Å². The fraction of sp³-hybridized carbons (Fsp3) is 0.429. The molecule has 1 aromatic heterocycles. The number of hydrogen-bond acceptors (Lipinski definition) is 3. The van der Waals surface area contributed by atoms with Crippen molar-refractivity contribution in [2.75, 3.05) is 11.5 Å². The zero-order valence-electron chi connectivity index (χ0n) is 10.6. The van der Waals surface area contributed by atoms with Gasteiger partial charge in [0, 0.05) is 6.42 Å². The molecule has 1 saturated heterocycles. The molecule has 2 N–H and O–H groups in total. The number of fused-ring (bicyclic) bond motifs is 1. The summed E-state index contributed by atoms with van der Waals surface area (Å²) in [6.07, 6.45) is 3.47. The van der Waals surface area contributed by atoms with Gasteiger partial charge in [-0.1, -0.05) is 0 Å². The van der Waals surface area contributed by atoms with Crippen LogP contribution in [0.25, 0.3) is 11.0 Å². The van der Waals surface area contributed by atoms with Gasteiger partial charge in [-0.3, -0.25) is 0 Å². The van der Waals surface area contributed by atoms with Crippen molar-refractivity contribution in [3.63, 3.8) is 0 Å². The van der Waals surface area contributed by atoms with E-state index in [1.807, 2.05) is 11.8 Å². The summed E-state index contributed by atoms with van der Waals surface area (Å²) in [5, 5.41) is 8.98. The lowest BCUT2D eigenvalue weighted by Crippen LogP contribution is -2.12. The molecule has 4 nitrogen and oxygen atoms in total. The van der Waals surface area contributed by atoms with E-state index in [1.165, 1.54) is 24.3 Å². The van der Waals surface area contributed by atoms with Crippen LogP contribution in [0.3, 0.4) is 0 Å². The van der Waals surface area contributed by atoms with E-state index in [0.29, 0.717) is 11.5 Å². The lowest BCUT2D eigenvalue weighted by atomic mass is 9.99. The highest BCUT2D eigenvalue weighted by molar-refractivity contribution is 7.99. The quantitative estimate of drug-likeness (QED) is 0.904. The van der Waals surface area contributed by atoms with Gasteiger partial charge in [0.15, 0.2) is 0 Å². The van der Waals surface area contributed by atoms with E-state index in [0.717, 1.165) is 23.3 Å². The Morgan fingerprint density at radius 2 is 2.21 bits per heavy atom. The van der Waals surface area contributed by atoms with Crippen LogP contribution >= 0.6 is 11.8 Å². The minimum atomic E-state index is -0.901. The summed E-state index contributed by atoms with van der Waals surface area (Å²) in [6, 6.07) is 5.03.